The van der Waals surface area contributed by atoms with Gasteiger partial charge in [0.15, 0.2) is 5.75 Å². The number of carbonyl (C=O) groups excluding carboxylic acids is 4. The molecule has 2 aromatic carbocycles. The zero-order valence-electron chi connectivity index (χ0n) is 41.5. The average molecular weight is 1090 g/mol. The Hall–Kier alpha value is -4.67. The van der Waals surface area contributed by atoms with E-state index in [2.05, 4.69) is 44.7 Å². The van der Waals surface area contributed by atoms with Crippen molar-refractivity contribution in [2.24, 2.45) is 33.7 Å². The van der Waals surface area contributed by atoms with E-state index in [4.69, 9.17) is 28.7 Å². The number of methoxy groups -OCH3 is 1. The second-order valence-corrected chi connectivity index (χ2v) is 21.8. The molecule has 0 radical (unpaired) electrons. The molecule has 19 heteroatoms. The summed E-state index contributed by atoms with van der Waals surface area (Å²) >= 11 is 2.40. The first-order chi connectivity index (χ1) is 33.1. The first-order valence-electron chi connectivity index (χ1n) is 24.2. The highest BCUT2D eigenvalue weighted by atomic mass is 127. The van der Waals surface area contributed by atoms with E-state index in [1.54, 1.807) is 57.7 Å². The maximum atomic E-state index is 14.9. The monoisotopic (exact) mass is 1090 g/mol. The molecule has 2 saturated heterocycles. The number of nitrogens with zero attached hydrogens (tertiary/aromatic N) is 4. The van der Waals surface area contributed by atoms with E-state index in [0.717, 1.165) is 6.54 Å². The number of nitrogens with one attached hydrogen (secondary N) is 1. The van der Waals surface area contributed by atoms with E-state index in [0.29, 0.717) is 68.3 Å². The number of aliphatic hydroxyl groups is 2. The molecule has 6 aliphatic rings. The van der Waals surface area contributed by atoms with Gasteiger partial charge in [-0.1, -0.05) is 75.4 Å². The topological polar surface area (TPSA) is 239 Å². The van der Waals surface area contributed by atoms with Crippen LogP contribution in [0, 0.1) is 30.6 Å². The zero-order chi connectivity index (χ0) is 51.0. The zero-order valence-corrected chi connectivity index (χ0v) is 43.6. The van der Waals surface area contributed by atoms with Crippen LogP contribution < -0.4 is 20.8 Å². The van der Waals surface area contributed by atoms with Gasteiger partial charge in [0.1, 0.15) is 40.4 Å². The number of hydrogen-bond donors (Lipinski definition) is 5. The summed E-state index contributed by atoms with van der Waals surface area (Å²) in [5.74, 6) is -8.27. The number of Topliss-reactive ketones (excluding diaryl/α,β-unsaturated/α-hetero) is 1. The first kappa shape index (κ1) is 53.1. The van der Waals surface area contributed by atoms with Crippen LogP contribution in [-0.4, -0.2) is 147 Å². The van der Waals surface area contributed by atoms with Gasteiger partial charge in [-0.25, -0.2) is 4.99 Å². The minimum Gasteiger partial charge on any atom is -0.507 e. The van der Waals surface area contributed by atoms with Crippen LogP contribution in [0.1, 0.15) is 90.1 Å². The number of anilines is 1. The van der Waals surface area contributed by atoms with Gasteiger partial charge in [0.05, 0.1) is 54.4 Å². The summed E-state index contributed by atoms with van der Waals surface area (Å²) in [5.41, 5.74) is -0.240. The Morgan fingerprint density at radius 2 is 1.67 bits per heavy atom. The normalized spacial score (nSPS) is 31.7. The van der Waals surface area contributed by atoms with Gasteiger partial charge in [0, 0.05) is 104 Å². The smallest absolute Gasteiger partial charge is 0.315 e. The number of phenols is 2. The number of aromatic hydroxyl groups is 2. The number of likely N-dealkylation sites (tertiary alicyclic amines) is 1. The minimum atomic E-state index is -2.01. The summed E-state index contributed by atoms with van der Waals surface area (Å²) in [6.45, 7) is 17.4. The number of halogens is 1. The van der Waals surface area contributed by atoms with E-state index < -0.39 is 101 Å². The third-order valence-corrected chi connectivity index (χ3v) is 15.1. The number of alkyl halides is 1. The van der Waals surface area contributed by atoms with Crippen LogP contribution in [0.25, 0.3) is 10.8 Å². The molecular weight excluding hydrogens is 1020 g/mol. The third kappa shape index (κ3) is 10.5. The van der Waals surface area contributed by atoms with Crippen LogP contribution >= 0.6 is 22.6 Å². The van der Waals surface area contributed by atoms with Gasteiger partial charge >= 0.3 is 11.8 Å². The lowest BCUT2D eigenvalue weighted by molar-refractivity contribution is -0.167. The van der Waals surface area contributed by atoms with Crippen LogP contribution in [0.15, 0.2) is 46.1 Å². The number of rotatable bonds is 7. The summed E-state index contributed by atoms with van der Waals surface area (Å²) in [6, 6.07) is 0. The Labute approximate surface area is 421 Å². The number of esters is 1. The SMILES string of the molecule is CC[C@H]1[C@@H](OC(=O)CC(=O)N2CCOCC2)[C@H](C)[C@H](O)[C@H](C)[C@@H](O)[C@@H](C)/C=C/C=C(/C)C(=O)N=c2c(O)c3c(O)c(C)c4c(c3c3c2=NC2(CCN(CC(C)I)CC2)N3)C(=O)[C@@](C)(O/C=C/[C@@H]1OC)O4. The van der Waals surface area contributed by atoms with Gasteiger partial charge in [0.2, 0.25) is 5.91 Å². The van der Waals surface area contributed by atoms with Gasteiger partial charge in [0.25, 0.3) is 11.7 Å². The van der Waals surface area contributed by atoms with Gasteiger partial charge in [-0.3, -0.25) is 24.2 Å². The van der Waals surface area contributed by atoms with E-state index >= 15 is 0 Å². The second kappa shape index (κ2) is 21.6. The Kier molecular flexibility index (Phi) is 16.4. The molecule has 5 N–H and O–H groups in total. The molecule has 0 aliphatic carbocycles. The van der Waals surface area contributed by atoms with Crippen molar-refractivity contribution < 1.29 is 63.3 Å². The Balaban J connectivity index is 1.34. The van der Waals surface area contributed by atoms with E-state index in [-0.39, 0.29) is 43.9 Å². The number of ketones is 1. The number of fused-ring (bicyclic) bond motifs is 13. The number of phenolic OH excluding ortho intramolecular Hbond substituents is 2. The number of amides is 2. The number of piperidine rings is 1. The molecule has 2 aromatic rings. The van der Waals surface area contributed by atoms with E-state index in [1.807, 2.05) is 6.92 Å². The number of ether oxygens (including phenoxy) is 5. The lowest BCUT2D eigenvalue weighted by Gasteiger charge is -2.39. The summed E-state index contributed by atoms with van der Waals surface area (Å²) in [4.78, 5) is 69.3. The van der Waals surface area contributed by atoms with Crippen LogP contribution in [0.4, 0.5) is 5.69 Å². The van der Waals surface area contributed by atoms with Crippen molar-refractivity contribution in [3.63, 3.8) is 0 Å². The molecule has 0 saturated carbocycles. The molecule has 6 heterocycles. The summed E-state index contributed by atoms with van der Waals surface area (Å²) in [5, 5.41) is 51.3. The third-order valence-electron chi connectivity index (χ3n) is 14.7. The lowest BCUT2D eigenvalue weighted by Crippen LogP contribution is -2.48. The molecule has 2 amide bonds. The fourth-order valence-electron chi connectivity index (χ4n) is 10.4. The van der Waals surface area contributed by atoms with Crippen molar-refractivity contribution in [1.82, 2.24) is 9.80 Å². The fraction of sp³-hybridized carbons (Fsp3) is 0.608. The maximum Gasteiger partial charge on any atom is 0.315 e. The summed E-state index contributed by atoms with van der Waals surface area (Å²) in [6.07, 6.45) is 4.28. The number of benzene rings is 2. The van der Waals surface area contributed by atoms with Crippen LogP contribution in [0.2, 0.25) is 0 Å². The van der Waals surface area contributed by atoms with Crippen LogP contribution in [0.3, 0.4) is 0 Å². The van der Waals surface area contributed by atoms with Crippen molar-refractivity contribution in [1.29, 1.82) is 0 Å². The van der Waals surface area contributed by atoms with Crippen LogP contribution in [-0.2, 0) is 33.3 Å². The highest BCUT2D eigenvalue weighted by Gasteiger charge is 2.51. The quantitative estimate of drug-likeness (QED) is 0.0842. The molecular formula is C51H68IN5O13. The number of carbonyl (C=O) groups is 4. The highest BCUT2D eigenvalue weighted by Crippen LogP contribution is 2.51. The Morgan fingerprint density at radius 1 is 0.986 bits per heavy atom. The molecule has 8 rings (SSSR count). The Bertz CT molecular complexity index is 2590. The predicted molar refractivity (Wildman–Crippen MR) is 267 cm³/mol. The van der Waals surface area contributed by atoms with Crippen molar-refractivity contribution in [2.75, 3.05) is 58.4 Å². The van der Waals surface area contributed by atoms with Gasteiger partial charge in [-0.15, -0.1) is 0 Å². The number of hydrogen-bond acceptors (Lipinski definition) is 16. The molecule has 70 heavy (non-hydrogen) atoms. The fourth-order valence-corrected chi connectivity index (χ4v) is 11.0. The van der Waals surface area contributed by atoms with Crippen molar-refractivity contribution in [3.05, 3.63) is 58.0 Å². The molecule has 6 aliphatic heterocycles. The lowest BCUT2D eigenvalue weighted by atomic mass is 9.77. The second-order valence-electron chi connectivity index (χ2n) is 19.6. The van der Waals surface area contributed by atoms with Crippen molar-refractivity contribution >= 4 is 62.6 Å². The molecule has 1 unspecified atom stereocenters. The minimum absolute atomic E-state index is 0.0267. The van der Waals surface area contributed by atoms with E-state index in [9.17, 15) is 39.6 Å². The summed E-state index contributed by atoms with van der Waals surface area (Å²) < 4.78 is 30.5. The molecule has 18 nitrogen and oxygen atoms in total. The van der Waals surface area contributed by atoms with Gasteiger partial charge in [-0.05, 0) is 26.3 Å². The van der Waals surface area contributed by atoms with Crippen LogP contribution in [0.5, 0.6) is 17.2 Å². The molecule has 2 fully saturated rings. The van der Waals surface area contributed by atoms with Crippen molar-refractivity contribution in [2.45, 2.75) is 121 Å². The van der Waals surface area contributed by atoms with Gasteiger partial charge < -0.3 is 59.2 Å². The largest absolute Gasteiger partial charge is 0.507 e. The van der Waals surface area contributed by atoms with Gasteiger partial charge in [-0.2, -0.15) is 0 Å². The highest BCUT2D eigenvalue weighted by molar-refractivity contribution is 14.1. The van der Waals surface area contributed by atoms with Crippen molar-refractivity contribution in [3.8, 4) is 17.2 Å². The molecule has 10 atom stereocenters. The number of allylic oxidation sites excluding steroid dienone is 2. The number of morpholine rings is 1. The maximum absolute atomic E-state index is 14.9. The molecule has 0 aromatic heterocycles. The predicted octanol–water partition coefficient (Wildman–Crippen LogP) is 4.54. The standard InChI is InChI=1S/C51H68IN5O13/c1-10-32-33(66-9)14-21-68-50(8)48(64)38-36-37(44(62)31(7)47(38)70-50)45(63)41(40-39(36)54-51(55-40)15-17-56(18-16-51)25-28(4)52)53-49(65)27(3)13-11-12-26(2)42(60)29(5)43(61)30(6)46(32)69-35(59)24-34(58)57-19-22-67-23-20-57/h11-14,21,26,28-30,32-33,42-43,46,54,60-63H,10,15-20,22-25H2,1-9H3/b12-11+,21-14+,27-13-,53-41?/t26-,28?,29+,30+,32+,33-,42-,43+,46-,50-/m0/s1. The summed E-state index contributed by atoms with van der Waals surface area (Å²) in [7, 11) is 1.46. The van der Waals surface area contributed by atoms with E-state index in [1.165, 1.54) is 26.4 Å². The Morgan fingerprint density at radius 3 is 2.31 bits per heavy atom. The molecule has 382 valence electrons. The number of aliphatic hydroxyl groups excluding tert-OH is 2. The average Bonchev–Trinajstić information content (AvgIpc) is 3.83. The molecule has 5 bridgehead atoms. The molecule has 1 spiro atoms. The first-order valence-corrected chi connectivity index (χ1v) is 25.5.